The molecular formula is C15H22N3+. The minimum Gasteiger partial charge on any atom is -0.257 e. The summed E-state index contributed by atoms with van der Waals surface area (Å²) in [6, 6.07) is 6.05. The number of hydrogen-bond donors (Lipinski definition) is 0. The highest BCUT2D eigenvalue weighted by atomic mass is 15.2. The summed E-state index contributed by atoms with van der Waals surface area (Å²) in [5, 5.41) is 0. The molecular weight excluding hydrogens is 222 g/mol. The molecule has 18 heavy (non-hydrogen) atoms. The standard InChI is InChI=1S/C15H22N3/c1-14(2,3)17-10-11-18(12-17)15(4,5)13-8-6-7-9-16-13/h6-12H,1-5H3/q+1. The highest BCUT2D eigenvalue weighted by molar-refractivity contribution is 5.10. The van der Waals surface area contributed by atoms with E-state index < -0.39 is 0 Å². The minimum atomic E-state index is -0.141. The molecule has 2 aromatic rings. The quantitative estimate of drug-likeness (QED) is 0.744. The van der Waals surface area contributed by atoms with E-state index >= 15 is 0 Å². The second-order valence-electron chi connectivity index (χ2n) is 6.17. The van der Waals surface area contributed by atoms with Crippen LogP contribution in [0, 0.1) is 0 Å². The second kappa shape index (κ2) is 4.23. The second-order valence-corrected chi connectivity index (χ2v) is 6.17. The number of imidazole rings is 1. The Morgan fingerprint density at radius 3 is 2.33 bits per heavy atom. The van der Waals surface area contributed by atoms with Crippen LogP contribution in [0.15, 0.2) is 43.1 Å². The predicted molar refractivity (Wildman–Crippen MR) is 72.3 cm³/mol. The van der Waals surface area contributed by atoms with Crippen LogP contribution in [0.4, 0.5) is 0 Å². The number of rotatable bonds is 2. The monoisotopic (exact) mass is 244 g/mol. The smallest absolute Gasteiger partial charge is 0.244 e. The van der Waals surface area contributed by atoms with Crippen molar-refractivity contribution in [1.29, 1.82) is 0 Å². The van der Waals surface area contributed by atoms with E-state index in [2.05, 4.69) is 73.5 Å². The number of aromatic nitrogens is 3. The van der Waals surface area contributed by atoms with E-state index in [0.29, 0.717) is 0 Å². The molecule has 0 fully saturated rings. The Kier molecular flexibility index (Phi) is 3.01. The molecule has 0 bridgehead atoms. The van der Waals surface area contributed by atoms with Crippen LogP contribution in [0.3, 0.4) is 0 Å². The van der Waals surface area contributed by atoms with Crippen molar-refractivity contribution in [2.24, 2.45) is 0 Å². The molecule has 0 saturated carbocycles. The Morgan fingerprint density at radius 2 is 1.83 bits per heavy atom. The lowest BCUT2D eigenvalue weighted by Gasteiger charge is -2.21. The normalized spacial score (nSPS) is 12.7. The van der Waals surface area contributed by atoms with Gasteiger partial charge in [-0.3, -0.25) is 4.98 Å². The highest BCUT2D eigenvalue weighted by Gasteiger charge is 2.31. The summed E-state index contributed by atoms with van der Waals surface area (Å²) >= 11 is 0. The van der Waals surface area contributed by atoms with Gasteiger partial charge in [-0.25, -0.2) is 9.13 Å². The molecule has 3 heteroatoms. The van der Waals surface area contributed by atoms with Gasteiger partial charge < -0.3 is 0 Å². The number of hydrogen-bond acceptors (Lipinski definition) is 1. The first-order chi connectivity index (χ1) is 8.32. The van der Waals surface area contributed by atoms with Crippen LogP contribution in [-0.4, -0.2) is 9.55 Å². The Bertz CT molecular complexity index is 518. The first-order valence-electron chi connectivity index (χ1n) is 6.33. The van der Waals surface area contributed by atoms with Crippen molar-refractivity contribution in [3.8, 4) is 0 Å². The molecule has 0 aliphatic heterocycles. The van der Waals surface area contributed by atoms with Crippen molar-refractivity contribution < 1.29 is 4.57 Å². The Labute approximate surface area is 109 Å². The summed E-state index contributed by atoms with van der Waals surface area (Å²) in [6.45, 7) is 11.0. The predicted octanol–water partition coefficient (Wildman–Crippen LogP) is 2.71. The third kappa shape index (κ3) is 2.30. The maximum absolute atomic E-state index is 4.47. The van der Waals surface area contributed by atoms with Gasteiger partial charge in [0.05, 0.1) is 5.69 Å². The SMILES string of the molecule is CC(C)(C)n1cc[n+](C(C)(C)c2ccccn2)c1. The molecule has 0 amide bonds. The average molecular weight is 244 g/mol. The summed E-state index contributed by atoms with van der Waals surface area (Å²) in [7, 11) is 0. The summed E-state index contributed by atoms with van der Waals surface area (Å²) < 4.78 is 4.43. The Hall–Kier alpha value is -1.64. The molecule has 3 nitrogen and oxygen atoms in total. The van der Waals surface area contributed by atoms with E-state index in [1.54, 1.807) is 0 Å². The van der Waals surface area contributed by atoms with Crippen molar-refractivity contribution >= 4 is 0 Å². The van der Waals surface area contributed by atoms with Gasteiger partial charge in [0, 0.05) is 6.20 Å². The van der Waals surface area contributed by atoms with Crippen LogP contribution in [0.25, 0.3) is 0 Å². The van der Waals surface area contributed by atoms with Gasteiger partial charge in [0.15, 0.2) is 0 Å². The maximum Gasteiger partial charge on any atom is 0.244 e. The van der Waals surface area contributed by atoms with E-state index in [-0.39, 0.29) is 11.1 Å². The molecule has 0 radical (unpaired) electrons. The average Bonchev–Trinajstić information content (AvgIpc) is 2.79. The van der Waals surface area contributed by atoms with Crippen molar-refractivity contribution in [3.63, 3.8) is 0 Å². The molecule has 0 atom stereocenters. The third-order valence-electron chi connectivity index (χ3n) is 3.35. The zero-order valence-corrected chi connectivity index (χ0v) is 11.9. The van der Waals surface area contributed by atoms with Gasteiger partial charge in [-0.1, -0.05) is 6.07 Å². The van der Waals surface area contributed by atoms with E-state index in [0.717, 1.165) is 5.69 Å². The van der Waals surface area contributed by atoms with E-state index in [4.69, 9.17) is 0 Å². The number of pyridine rings is 1. The van der Waals surface area contributed by atoms with Crippen molar-refractivity contribution in [2.75, 3.05) is 0 Å². The zero-order valence-electron chi connectivity index (χ0n) is 11.9. The van der Waals surface area contributed by atoms with Gasteiger partial charge in [-0.05, 0) is 46.8 Å². The van der Waals surface area contributed by atoms with Crippen LogP contribution in [0.1, 0.15) is 40.3 Å². The van der Waals surface area contributed by atoms with Crippen LogP contribution >= 0.6 is 0 Å². The molecule has 0 saturated heterocycles. The summed E-state index contributed by atoms with van der Waals surface area (Å²) in [5.74, 6) is 0. The van der Waals surface area contributed by atoms with Gasteiger partial charge >= 0.3 is 0 Å². The fourth-order valence-corrected chi connectivity index (χ4v) is 1.94. The van der Waals surface area contributed by atoms with Gasteiger partial charge in [0.2, 0.25) is 6.33 Å². The summed E-state index contributed by atoms with van der Waals surface area (Å²) in [5.41, 5.74) is 1.03. The van der Waals surface area contributed by atoms with Crippen LogP contribution < -0.4 is 4.57 Å². The molecule has 0 aliphatic carbocycles. The third-order valence-corrected chi connectivity index (χ3v) is 3.35. The maximum atomic E-state index is 4.47. The van der Waals surface area contributed by atoms with Gasteiger partial charge in [-0.15, -0.1) is 0 Å². The van der Waals surface area contributed by atoms with E-state index in [1.807, 2.05) is 18.3 Å². The Morgan fingerprint density at radius 1 is 1.11 bits per heavy atom. The van der Waals surface area contributed by atoms with Crippen molar-refractivity contribution in [3.05, 3.63) is 48.8 Å². The first kappa shape index (κ1) is 12.8. The lowest BCUT2D eigenvalue weighted by Crippen LogP contribution is -2.52. The molecule has 96 valence electrons. The molecule has 2 heterocycles. The van der Waals surface area contributed by atoms with Gasteiger partial charge in [-0.2, -0.15) is 0 Å². The van der Waals surface area contributed by atoms with E-state index in [9.17, 15) is 0 Å². The van der Waals surface area contributed by atoms with Gasteiger partial charge in [0.25, 0.3) is 0 Å². The Balaban J connectivity index is 2.40. The molecule has 0 unspecified atom stereocenters. The van der Waals surface area contributed by atoms with Crippen LogP contribution in [0.2, 0.25) is 0 Å². The minimum absolute atomic E-state index is 0.103. The van der Waals surface area contributed by atoms with Gasteiger partial charge in [0.1, 0.15) is 23.5 Å². The summed E-state index contributed by atoms with van der Waals surface area (Å²) in [4.78, 5) is 4.47. The molecule has 0 aromatic carbocycles. The van der Waals surface area contributed by atoms with Crippen molar-refractivity contribution in [2.45, 2.75) is 45.7 Å². The van der Waals surface area contributed by atoms with E-state index in [1.165, 1.54) is 0 Å². The molecule has 2 aromatic heterocycles. The molecule has 0 aliphatic rings. The molecule has 2 rings (SSSR count). The molecule has 0 spiro atoms. The fourth-order valence-electron chi connectivity index (χ4n) is 1.94. The lowest BCUT2D eigenvalue weighted by atomic mass is 10.00. The topological polar surface area (TPSA) is 21.7 Å². The molecule has 0 N–H and O–H groups in total. The highest BCUT2D eigenvalue weighted by Crippen LogP contribution is 2.18. The fraction of sp³-hybridized carbons (Fsp3) is 0.467. The largest absolute Gasteiger partial charge is 0.257 e. The van der Waals surface area contributed by atoms with Crippen molar-refractivity contribution in [1.82, 2.24) is 9.55 Å². The zero-order chi connectivity index (χ0) is 13.4. The summed E-state index contributed by atoms with van der Waals surface area (Å²) in [6.07, 6.45) is 8.22. The van der Waals surface area contributed by atoms with Crippen LogP contribution in [0.5, 0.6) is 0 Å². The first-order valence-corrected chi connectivity index (χ1v) is 6.33. The van der Waals surface area contributed by atoms with Crippen LogP contribution in [-0.2, 0) is 11.1 Å². The number of nitrogens with zero attached hydrogens (tertiary/aromatic N) is 3. The lowest BCUT2D eigenvalue weighted by molar-refractivity contribution is -0.747.